The van der Waals surface area contributed by atoms with E-state index in [-0.39, 0.29) is 12.3 Å². The fourth-order valence-corrected chi connectivity index (χ4v) is 1.03. The van der Waals surface area contributed by atoms with E-state index in [0.29, 0.717) is 19.1 Å². The normalized spacial score (nSPS) is 9.93. The van der Waals surface area contributed by atoms with Crippen molar-refractivity contribution in [2.24, 2.45) is 5.73 Å². The summed E-state index contributed by atoms with van der Waals surface area (Å²) >= 11 is 0. The van der Waals surface area contributed by atoms with Gasteiger partial charge in [-0.15, -0.1) is 0 Å². The Bertz CT molecular complexity index is 311. The molecule has 0 saturated heterocycles. The average molecular weight is 210 g/mol. The van der Waals surface area contributed by atoms with E-state index in [1.54, 1.807) is 25.4 Å². The second-order valence-corrected chi connectivity index (χ2v) is 2.99. The number of methoxy groups -OCH3 is 1. The fraction of sp³-hybridized carbons (Fsp3) is 0.400. The standard InChI is InChI=1S/C10H14N2O3/c1-14-4-5-15-10-3-2-8(7-12-10)6-9(11)13/h2-3,7H,4-6H2,1H3,(H2,11,13). The van der Waals surface area contributed by atoms with E-state index in [1.807, 2.05) is 0 Å². The number of aromatic nitrogens is 1. The van der Waals surface area contributed by atoms with Gasteiger partial charge in [0.1, 0.15) is 6.61 Å². The number of nitrogens with zero attached hydrogens (tertiary/aromatic N) is 1. The fourth-order valence-electron chi connectivity index (χ4n) is 1.03. The van der Waals surface area contributed by atoms with Crippen LogP contribution in [0.1, 0.15) is 5.56 Å². The SMILES string of the molecule is COCCOc1ccc(CC(N)=O)cn1. The topological polar surface area (TPSA) is 74.4 Å². The molecular formula is C10H14N2O3. The van der Waals surface area contributed by atoms with E-state index in [9.17, 15) is 4.79 Å². The number of pyridine rings is 1. The van der Waals surface area contributed by atoms with Crippen LogP contribution in [0.5, 0.6) is 5.88 Å². The van der Waals surface area contributed by atoms with E-state index in [4.69, 9.17) is 15.2 Å². The number of amides is 1. The Morgan fingerprint density at radius 3 is 2.80 bits per heavy atom. The molecular weight excluding hydrogens is 196 g/mol. The van der Waals surface area contributed by atoms with Crippen molar-refractivity contribution < 1.29 is 14.3 Å². The maximum absolute atomic E-state index is 10.6. The molecule has 0 atom stereocenters. The number of ether oxygens (including phenoxy) is 2. The summed E-state index contributed by atoms with van der Waals surface area (Å²) in [4.78, 5) is 14.6. The molecule has 1 amide bonds. The molecule has 5 heteroatoms. The Labute approximate surface area is 88.2 Å². The van der Waals surface area contributed by atoms with E-state index < -0.39 is 0 Å². The molecule has 1 aromatic heterocycles. The predicted octanol–water partition coefficient (Wildman–Crippen LogP) is 0.135. The van der Waals surface area contributed by atoms with Crippen molar-refractivity contribution in [2.75, 3.05) is 20.3 Å². The van der Waals surface area contributed by atoms with Gasteiger partial charge >= 0.3 is 0 Å². The summed E-state index contributed by atoms with van der Waals surface area (Å²) in [5.41, 5.74) is 5.83. The molecule has 0 aliphatic carbocycles. The lowest BCUT2D eigenvalue weighted by molar-refractivity contribution is -0.117. The Hall–Kier alpha value is -1.62. The van der Waals surface area contributed by atoms with Crippen LogP contribution in [0.4, 0.5) is 0 Å². The van der Waals surface area contributed by atoms with E-state index in [0.717, 1.165) is 5.56 Å². The highest BCUT2D eigenvalue weighted by atomic mass is 16.5. The van der Waals surface area contributed by atoms with Gasteiger partial charge in [-0.25, -0.2) is 4.98 Å². The molecule has 1 aromatic rings. The molecule has 0 aromatic carbocycles. The van der Waals surface area contributed by atoms with Gasteiger partial charge in [0.25, 0.3) is 0 Å². The van der Waals surface area contributed by atoms with Crippen molar-refractivity contribution in [2.45, 2.75) is 6.42 Å². The Morgan fingerprint density at radius 2 is 2.27 bits per heavy atom. The molecule has 1 rings (SSSR count). The van der Waals surface area contributed by atoms with E-state index in [1.165, 1.54) is 0 Å². The minimum Gasteiger partial charge on any atom is -0.475 e. The van der Waals surface area contributed by atoms with Crippen LogP contribution in [-0.2, 0) is 16.0 Å². The molecule has 5 nitrogen and oxygen atoms in total. The van der Waals surface area contributed by atoms with Crippen molar-refractivity contribution in [3.8, 4) is 5.88 Å². The lowest BCUT2D eigenvalue weighted by atomic mass is 10.2. The lowest BCUT2D eigenvalue weighted by Crippen LogP contribution is -2.13. The van der Waals surface area contributed by atoms with Crippen molar-refractivity contribution in [1.29, 1.82) is 0 Å². The van der Waals surface area contributed by atoms with Crippen LogP contribution < -0.4 is 10.5 Å². The molecule has 0 unspecified atom stereocenters. The van der Waals surface area contributed by atoms with Crippen LogP contribution in [-0.4, -0.2) is 31.2 Å². The molecule has 0 aliphatic rings. The van der Waals surface area contributed by atoms with Gasteiger partial charge < -0.3 is 15.2 Å². The second-order valence-electron chi connectivity index (χ2n) is 2.99. The maximum atomic E-state index is 10.6. The minimum atomic E-state index is -0.371. The Kier molecular flexibility index (Phi) is 4.56. The highest BCUT2D eigenvalue weighted by Crippen LogP contribution is 2.07. The third-order valence-electron chi connectivity index (χ3n) is 1.71. The average Bonchev–Trinajstić information content (AvgIpc) is 2.20. The Morgan fingerprint density at radius 1 is 1.47 bits per heavy atom. The molecule has 0 radical (unpaired) electrons. The summed E-state index contributed by atoms with van der Waals surface area (Å²) in [6.07, 6.45) is 1.78. The van der Waals surface area contributed by atoms with Crippen LogP contribution in [0.3, 0.4) is 0 Å². The molecule has 82 valence electrons. The first-order valence-corrected chi connectivity index (χ1v) is 4.57. The highest BCUT2D eigenvalue weighted by molar-refractivity contribution is 5.76. The van der Waals surface area contributed by atoms with Gasteiger partial charge in [0.2, 0.25) is 11.8 Å². The quantitative estimate of drug-likeness (QED) is 0.677. The van der Waals surface area contributed by atoms with Crippen LogP contribution in [0, 0.1) is 0 Å². The van der Waals surface area contributed by atoms with Crippen molar-refractivity contribution >= 4 is 5.91 Å². The van der Waals surface area contributed by atoms with Crippen molar-refractivity contribution in [3.05, 3.63) is 23.9 Å². The maximum Gasteiger partial charge on any atom is 0.221 e. The third kappa shape index (κ3) is 4.42. The zero-order valence-electron chi connectivity index (χ0n) is 8.60. The van der Waals surface area contributed by atoms with Gasteiger partial charge in [-0.1, -0.05) is 6.07 Å². The zero-order valence-corrected chi connectivity index (χ0v) is 8.60. The summed E-state index contributed by atoms with van der Waals surface area (Å²) in [7, 11) is 1.60. The summed E-state index contributed by atoms with van der Waals surface area (Å²) in [6.45, 7) is 0.976. The summed E-state index contributed by atoms with van der Waals surface area (Å²) < 4.78 is 10.1. The van der Waals surface area contributed by atoms with Gasteiger partial charge in [0.05, 0.1) is 13.0 Å². The van der Waals surface area contributed by atoms with Gasteiger partial charge in [0.15, 0.2) is 0 Å². The first kappa shape index (κ1) is 11.5. The monoisotopic (exact) mass is 210 g/mol. The zero-order chi connectivity index (χ0) is 11.1. The molecule has 15 heavy (non-hydrogen) atoms. The van der Waals surface area contributed by atoms with Crippen LogP contribution in [0.15, 0.2) is 18.3 Å². The highest BCUT2D eigenvalue weighted by Gasteiger charge is 2.00. The smallest absolute Gasteiger partial charge is 0.221 e. The summed E-state index contributed by atoms with van der Waals surface area (Å²) in [5.74, 6) is 0.144. The number of primary amides is 1. The van der Waals surface area contributed by atoms with Gasteiger partial charge in [0, 0.05) is 19.4 Å². The number of rotatable bonds is 6. The first-order chi connectivity index (χ1) is 7.22. The van der Waals surface area contributed by atoms with Crippen LogP contribution >= 0.6 is 0 Å². The largest absolute Gasteiger partial charge is 0.475 e. The third-order valence-corrected chi connectivity index (χ3v) is 1.71. The van der Waals surface area contributed by atoms with Gasteiger partial charge in [-0.05, 0) is 5.56 Å². The number of carbonyl (C=O) groups is 1. The number of nitrogens with two attached hydrogens (primary N) is 1. The first-order valence-electron chi connectivity index (χ1n) is 4.57. The Balaban J connectivity index is 2.45. The molecule has 0 saturated carbocycles. The van der Waals surface area contributed by atoms with Crippen molar-refractivity contribution in [3.63, 3.8) is 0 Å². The molecule has 0 aliphatic heterocycles. The number of hydrogen-bond donors (Lipinski definition) is 1. The van der Waals surface area contributed by atoms with E-state index in [2.05, 4.69) is 4.98 Å². The molecule has 0 bridgehead atoms. The van der Waals surface area contributed by atoms with E-state index >= 15 is 0 Å². The molecule has 1 heterocycles. The second kappa shape index (κ2) is 5.98. The predicted molar refractivity (Wildman–Crippen MR) is 54.5 cm³/mol. The van der Waals surface area contributed by atoms with Gasteiger partial charge in [-0.2, -0.15) is 0 Å². The van der Waals surface area contributed by atoms with Crippen molar-refractivity contribution in [1.82, 2.24) is 4.98 Å². The summed E-state index contributed by atoms with van der Waals surface area (Å²) in [6, 6.07) is 3.47. The molecule has 0 fully saturated rings. The summed E-state index contributed by atoms with van der Waals surface area (Å²) in [5, 5.41) is 0. The lowest BCUT2D eigenvalue weighted by Gasteiger charge is -2.04. The number of hydrogen-bond acceptors (Lipinski definition) is 4. The minimum absolute atomic E-state index is 0.200. The van der Waals surface area contributed by atoms with Gasteiger partial charge in [-0.3, -0.25) is 4.79 Å². The van der Waals surface area contributed by atoms with Crippen LogP contribution in [0.25, 0.3) is 0 Å². The van der Waals surface area contributed by atoms with Crippen LogP contribution in [0.2, 0.25) is 0 Å². The molecule has 0 spiro atoms. The number of carbonyl (C=O) groups excluding carboxylic acids is 1. The molecule has 2 N–H and O–H groups in total.